The number of hydrogen-bond donors (Lipinski definition) is 3. The number of carbonyl (C=O) groups is 1. The molecule has 0 aliphatic rings. The van der Waals surface area contributed by atoms with Gasteiger partial charge in [-0.05, 0) is 12.8 Å². The molecule has 0 heterocycles. The molecule has 0 aliphatic carbocycles. The van der Waals surface area contributed by atoms with Crippen LogP contribution in [0.2, 0.25) is 0 Å². The molecule has 0 atom stereocenters. The number of carbonyl (C=O) groups excluding carboxylic acids is 1. The quantitative estimate of drug-likeness (QED) is 0.132. The van der Waals surface area contributed by atoms with Crippen molar-refractivity contribution in [2.24, 2.45) is 21.1 Å². The van der Waals surface area contributed by atoms with Crippen molar-refractivity contribution in [1.29, 1.82) is 0 Å². The van der Waals surface area contributed by atoms with E-state index >= 15 is 0 Å². The molecular weight excluding hydrogens is 384 g/mol. The summed E-state index contributed by atoms with van der Waals surface area (Å²) in [5.74, 6) is 1.51. The fourth-order valence-electron chi connectivity index (χ4n) is 1.87. The summed E-state index contributed by atoms with van der Waals surface area (Å²) in [4.78, 5) is 19.3. The summed E-state index contributed by atoms with van der Waals surface area (Å²) in [6.45, 7) is 12.8. The molecule has 0 aliphatic heterocycles. The molecule has 0 rings (SSSR count). The summed E-state index contributed by atoms with van der Waals surface area (Å²) in [5, 5.41) is 3.21. The molecule has 0 aromatic rings. The topological polar surface area (TPSA) is 98.3 Å². The maximum atomic E-state index is 10.5. The molecule has 27 heavy (non-hydrogen) atoms. The second kappa shape index (κ2) is 16.0. The van der Waals surface area contributed by atoms with E-state index in [9.17, 15) is 4.79 Å². The van der Waals surface area contributed by atoms with E-state index in [1.54, 1.807) is 0 Å². The van der Waals surface area contributed by atoms with Crippen molar-refractivity contribution >= 4 is 41.8 Å². The number of rotatable bonds is 14. The van der Waals surface area contributed by atoms with Gasteiger partial charge in [0.05, 0.1) is 33.0 Å². The second-order valence-electron chi connectivity index (χ2n) is 5.95. The number of ether oxygens (including phenoxy) is 2. The van der Waals surface area contributed by atoms with Gasteiger partial charge in [0.25, 0.3) is 0 Å². The third kappa shape index (κ3) is 12.1. The number of nitrogens with one attached hydrogen (secondary N) is 1. The minimum Gasteiger partial charge on any atom is -0.378 e. The van der Waals surface area contributed by atoms with Crippen LogP contribution in [0, 0.1) is 5.41 Å². The van der Waals surface area contributed by atoms with E-state index in [0.717, 1.165) is 24.8 Å². The third-order valence-electron chi connectivity index (χ3n) is 4.14. The first kappa shape index (κ1) is 26.0. The van der Waals surface area contributed by atoms with E-state index in [1.807, 2.05) is 0 Å². The van der Waals surface area contributed by atoms with Crippen LogP contribution in [0.4, 0.5) is 0 Å². The summed E-state index contributed by atoms with van der Waals surface area (Å²) < 4.78 is 10.8. The van der Waals surface area contributed by atoms with E-state index < -0.39 is 0 Å². The Morgan fingerprint density at radius 1 is 1.22 bits per heavy atom. The van der Waals surface area contributed by atoms with Crippen molar-refractivity contribution in [3.8, 4) is 0 Å². The van der Waals surface area contributed by atoms with E-state index in [4.69, 9.17) is 15.2 Å². The number of guanidine groups is 1. The van der Waals surface area contributed by atoms with Gasteiger partial charge < -0.3 is 25.3 Å². The van der Waals surface area contributed by atoms with Crippen molar-refractivity contribution in [2.45, 2.75) is 33.6 Å². The molecule has 0 aromatic heterocycles. The molecule has 0 amide bonds. The van der Waals surface area contributed by atoms with E-state index in [0.29, 0.717) is 43.1 Å². The average molecular weight is 419 g/mol. The van der Waals surface area contributed by atoms with Crippen molar-refractivity contribution < 1.29 is 14.3 Å². The highest BCUT2D eigenvalue weighted by Gasteiger charge is 2.23. The van der Waals surface area contributed by atoms with Gasteiger partial charge in [-0.3, -0.25) is 0 Å². The van der Waals surface area contributed by atoms with Crippen LogP contribution in [0.1, 0.15) is 33.6 Å². The minimum atomic E-state index is -0.0901. The van der Waals surface area contributed by atoms with Crippen LogP contribution in [0.3, 0.4) is 0 Å². The molecule has 9 heteroatoms. The van der Waals surface area contributed by atoms with E-state index in [2.05, 4.69) is 55.3 Å². The Bertz CT molecular complexity index is 495. The SMILES string of the molecule is C=C(/N=C(\N=C(/N)NCC=O)SCCOCCOCCS)C(C)(CC)CC. The van der Waals surface area contributed by atoms with Gasteiger partial charge in [0, 0.05) is 22.6 Å². The van der Waals surface area contributed by atoms with Crippen LogP contribution in [0.25, 0.3) is 0 Å². The highest BCUT2D eigenvalue weighted by molar-refractivity contribution is 8.13. The molecule has 0 aromatic carbocycles. The van der Waals surface area contributed by atoms with Gasteiger partial charge >= 0.3 is 0 Å². The molecule has 156 valence electrons. The van der Waals surface area contributed by atoms with Crippen molar-refractivity contribution in [1.82, 2.24) is 5.32 Å². The minimum absolute atomic E-state index is 0.0901. The summed E-state index contributed by atoms with van der Waals surface area (Å²) in [6, 6.07) is 0. The molecule has 0 spiro atoms. The van der Waals surface area contributed by atoms with Crippen LogP contribution in [-0.4, -0.2) is 61.9 Å². The Hall–Kier alpha value is -1.03. The highest BCUT2D eigenvalue weighted by Crippen LogP contribution is 2.34. The maximum Gasteiger partial charge on any atom is 0.196 e. The summed E-state index contributed by atoms with van der Waals surface area (Å²) in [7, 11) is 0. The third-order valence-corrected chi connectivity index (χ3v) is 5.13. The molecule has 0 bridgehead atoms. The zero-order valence-corrected chi connectivity index (χ0v) is 18.4. The van der Waals surface area contributed by atoms with Gasteiger partial charge in [-0.15, -0.1) is 0 Å². The lowest BCUT2D eigenvalue weighted by Gasteiger charge is -2.26. The molecule has 0 unspecified atom stereocenters. The van der Waals surface area contributed by atoms with Crippen LogP contribution >= 0.6 is 24.4 Å². The average Bonchev–Trinajstić information content (AvgIpc) is 2.67. The first-order valence-corrected chi connectivity index (χ1v) is 10.7. The number of aldehydes is 1. The lowest BCUT2D eigenvalue weighted by molar-refractivity contribution is -0.106. The number of amidine groups is 1. The van der Waals surface area contributed by atoms with E-state index in [1.165, 1.54) is 11.8 Å². The van der Waals surface area contributed by atoms with Crippen molar-refractivity contribution in [2.75, 3.05) is 44.5 Å². The summed E-state index contributed by atoms with van der Waals surface area (Å²) in [6.07, 6.45) is 2.59. The fourth-order valence-corrected chi connectivity index (χ4v) is 2.72. The largest absolute Gasteiger partial charge is 0.378 e. The van der Waals surface area contributed by atoms with Crippen molar-refractivity contribution in [3.05, 3.63) is 12.3 Å². The Labute approximate surface area is 173 Å². The monoisotopic (exact) mass is 418 g/mol. The van der Waals surface area contributed by atoms with Crippen molar-refractivity contribution in [3.63, 3.8) is 0 Å². The number of thiol groups is 1. The van der Waals surface area contributed by atoms with Gasteiger partial charge in [0.2, 0.25) is 0 Å². The maximum absolute atomic E-state index is 10.5. The summed E-state index contributed by atoms with van der Waals surface area (Å²) >= 11 is 5.51. The molecular formula is C18H34N4O3S2. The number of aliphatic imine (C=N–C) groups is 2. The second-order valence-corrected chi connectivity index (χ2v) is 7.46. The van der Waals surface area contributed by atoms with Gasteiger partial charge in [0.1, 0.15) is 6.29 Å². The molecule has 0 radical (unpaired) electrons. The van der Waals surface area contributed by atoms with Crippen LogP contribution in [-0.2, 0) is 14.3 Å². The molecule has 0 saturated heterocycles. The van der Waals surface area contributed by atoms with Gasteiger partial charge in [-0.2, -0.15) is 17.6 Å². The van der Waals surface area contributed by atoms with Crippen LogP contribution < -0.4 is 11.1 Å². The number of thioether (sulfide) groups is 1. The summed E-state index contributed by atoms with van der Waals surface area (Å²) in [5.41, 5.74) is 6.49. The Balaban J connectivity index is 4.78. The van der Waals surface area contributed by atoms with Crippen LogP contribution in [0.5, 0.6) is 0 Å². The lowest BCUT2D eigenvalue weighted by atomic mass is 9.82. The predicted molar refractivity (Wildman–Crippen MR) is 119 cm³/mol. The standard InChI is InChI=1S/C18H34N4O3S2/c1-5-18(4,6-2)15(3)21-17(22-16(19)20-7-8-23)27-14-12-25-10-9-24-11-13-26/h8,26H,3,5-7,9-14H2,1-2,4H3,(H3,19,20,21,22). The molecule has 0 fully saturated rings. The number of nitrogens with zero attached hydrogens (tertiary/aromatic N) is 2. The Kier molecular flexibility index (Phi) is 15.4. The highest BCUT2D eigenvalue weighted by atomic mass is 32.2. The Morgan fingerprint density at radius 2 is 1.85 bits per heavy atom. The fraction of sp³-hybridized carbons (Fsp3) is 0.722. The van der Waals surface area contributed by atoms with E-state index in [-0.39, 0.29) is 17.9 Å². The Morgan fingerprint density at radius 3 is 2.41 bits per heavy atom. The first-order valence-electron chi connectivity index (χ1n) is 9.12. The number of hydrogen-bond acceptors (Lipinski definition) is 6. The molecule has 7 nitrogen and oxygen atoms in total. The lowest BCUT2D eigenvalue weighted by Crippen LogP contribution is -2.33. The first-order chi connectivity index (χ1) is 12.9. The smallest absolute Gasteiger partial charge is 0.196 e. The van der Waals surface area contributed by atoms with Gasteiger partial charge in [-0.25, -0.2) is 4.99 Å². The number of nitrogens with two attached hydrogens (primary N) is 1. The zero-order chi connectivity index (χ0) is 20.5. The van der Waals surface area contributed by atoms with Gasteiger partial charge in [0.15, 0.2) is 11.1 Å². The predicted octanol–water partition coefficient (Wildman–Crippen LogP) is 2.48. The van der Waals surface area contributed by atoms with Gasteiger partial charge in [-0.1, -0.05) is 39.1 Å². The molecule has 3 N–H and O–H groups in total. The molecule has 0 saturated carbocycles. The normalized spacial score (nSPS) is 12.9. The number of allylic oxidation sites excluding steroid dienone is 1. The van der Waals surface area contributed by atoms with Crippen LogP contribution in [0.15, 0.2) is 22.3 Å². The zero-order valence-electron chi connectivity index (χ0n) is 16.7.